The smallest absolute Gasteiger partial charge is 0.255 e. The molecule has 1 rings (SSSR count). The lowest BCUT2D eigenvalue weighted by Gasteiger charge is -2.21. The third kappa shape index (κ3) is 3.10. The molecule has 0 atom stereocenters. The molecule has 0 radical (unpaired) electrons. The standard InChI is InChI=1S/C15H19NO/c1-5-10-16(11-6-2)15(17)14-12(3)8-7-9-13(14)4/h1,7-9H,6,10-11H2,2-4H3. The molecule has 90 valence electrons. The van der Waals surface area contributed by atoms with Crippen LogP contribution >= 0.6 is 0 Å². The first-order valence-electron chi connectivity index (χ1n) is 5.90. The monoisotopic (exact) mass is 229 g/mol. The minimum atomic E-state index is 0.0420. The molecule has 0 saturated heterocycles. The maximum absolute atomic E-state index is 12.4. The fraction of sp³-hybridized carbons (Fsp3) is 0.400. The fourth-order valence-electron chi connectivity index (χ4n) is 1.94. The van der Waals surface area contributed by atoms with E-state index in [-0.39, 0.29) is 5.91 Å². The second-order valence-corrected chi connectivity index (χ2v) is 4.20. The molecule has 2 heteroatoms. The van der Waals surface area contributed by atoms with Gasteiger partial charge >= 0.3 is 0 Å². The van der Waals surface area contributed by atoms with E-state index in [1.807, 2.05) is 39.0 Å². The maximum Gasteiger partial charge on any atom is 0.255 e. The summed E-state index contributed by atoms with van der Waals surface area (Å²) in [6.07, 6.45) is 6.22. The molecule has 0 aliphatic heterocycles. The normalized spacial score (nSPS) is 9.76. The minimum absolute atomic E-state index is 0.0420. The first-order chi connectivity index (χ1) is 8.11. The van der Waals surface area contributed by atoms with Crippen LogP contribution in [0.1, 0.15) is 34.8 Å². The van der Waals surface area contributed by atoms with Crippen LogP contribution in [0.3, 0.4) is 0 Å². The third-order valence-corrected chi connectivity index (χ3v) is 2.76. The molecule has 17 heavy (non-hydrogen) atoms. The molecule has 0 aliphatic rings. The quantitative estimate of drug-likeness (QED) is 0.727. The maximum atomic E-state index is 12.4. The number of terminal acetylenes is 1. The van der Waals surface area contributed by atoms with Crippen LogP contribution in [0.2, 0.25) is 0 Å². The van der Waals surface area contributed by atoms with Gasteiger partial charge in [0.05, 0.1) is 6.54 Å². The molecule has 0 unspecified atom stereocenters. The predicted molar refractivity (Wildman–Crippen MR) is 70.9 cm³/mol. The predicted octanol–water partition coefficient (Wildman–Crippen LogP) is 2.79. The zero-order valence-electron chi connectivity index (χ0n) is 10.8. The number of aryl methyl sites for hydroxylation is 2. The number of carbonyl (C=O) groups excluding carboxylic acids is 1. The summed E-state index contributed by atoms with van der Waals surface area (Å²) in [5.41, 5.74) is 2.80. The van der Waals surface area contributed by atoms with E-state index < -0.39 is 0 Å². The van der Waals surface area contributed by atoms with Crippen molar-refractivity contribution in [2.45, 2.75) is 27.2 Å². The molecule has 0 N–H and O–H groups in total. The SMILES string of the molecule is C#CCN(CCC)C(=O)c1c(C)cccc1C. The molecule has 0 aromatic heterocycles. The van der Waals surface area contributed by atoms with Gasteiger partial charge in [-0.05, 0) is 31.4 Å². The number of benzene rings is 1. The largest absolute Gasteiger partial charge is 0.328 e. The summed E-state index contributed by atoms with van der Waals surface area (Å²) in [7, 11) is 0. The van der Waals surface area contributed by atoms with Crippen LogP contribution in [-0.2, 0) is 0 Å². The third-order valence-electron chi connectivity index (χ3n) is 2.76. The number of hydrogen-bond acceptors (Lipinski definition) is 1. The number of nitrogens with zero attached hydrogens (tertiary/aromatic N) is 1. The van der Waals surface area contributed by atoms with Crippen LogP contribution in [0.15, 0.2) is 18.2 Å². The fourth-order valence-corrected chi connectivity index (χ4v) is 1.94. The summed E-state index contributed by atoms with van der Waals surface area (Å²) < 4.78 is 0. The van der Waals surface area contributed by atoms with Crippen molar-refractivity contribution in [3.05, 3.63) is 34.9 Å². The van der Waals surface area contributed by atoms with Gasteiger partial charge in [0.1, 0.15) is 0 Å². The van der Waals surface area contributed by atoms with Crippen LogP contribution in [0, 0.1) is 26.2 Å². The Hall–Kier alpha value is -1.75. The highest BCUT2D eigenvalue weighted by Gasteiger charge is 2.17. The first kappa shape index (κ1) is 13.3. The highest BCUT2D eigenvalue weighted by atomic mass is 16.2. The Kier molecular flexibility index (Phi) is 4.78. The molecule has 0 spiro atoms. The summed E-state index contributed by atoms with van der Waals surface area (Å²) in [6, 6.07) is 5.88. The van der Waals surface area contributed by atoms with Crippen molar-refractivity contribution in [1.29, 1.82) is 0 Å². The number of hydrogen-bond donors (Lipinski definition) is 0. The van der Waals surface area contributed by atoms with Crippen molar-refractivity contribution >= 4 is 5.91 Å². The lowest BCUT2D eigenvalue weighted by Crippen LogP contribution is -2.33. The molecule has 0 saturated carbocycles. The number of carbonyl (C=O) groups is 1. The van der Waals surface area contributed by atoms with Crippen LogP contribution < -0.4 is 0 Å². The van der Waals surface area contributed by atoms with Gasteiger partial charge in [-0.1, -0.05) is 31.0 Å². The molecule has 0 bridgehead atoms. The van der Waals surface area contributed by atoms with Gasteiger partial charge in [-0.2, -0.15) is 0 Å². The summed E-state index contributed by atoms with van der Waals surface area (Å²) in [5, 5.41) is 0. The lowest BCUT2D eigenvalue weighted by molar-refractivity contribution is 0.0775. The van der Waals surface area contributed by atoms with Gasteiger partial charge in [0, 0.05) is 12.1 Å². The Balaban J connectivity index is 3.05. The Bertz CT molecular complexity index is 422. The second-order valence-electron chi connectivity index (χ2n) is 4.20. The van der Waals surface area contributed by atoms with Gasteiger partial charge in [-0.15, -0.1) is 6.42 Å². The van der Waals surface area contributed by atoms with E-state index in [1.54, 1.807) is 4.90 Å². The first-order valence-corrected chi connectivity index (χ1v) is 5.90. The summed E-state index contributed by atoms with van der Waals surface area (Å²) >= 11 is 0. The zero-order chi connectivity index (χ0) is 12.8. The molecular weight excluding hydrogens is 210 g/mol. The van der Waals surface area contributed by atoms with Gasteiger partial charge in [-0.3, -0.25) is 4.79 Å². The molecule has 0 heterocycles. The van der Waals surface area contributed by atoms with Crippen molar-refractivity contribution in [1.82, 2.24) is 4.90 Å². The molecule has 1 aromatic carbocycles. The zero-order valence-corrected chi connectivity index (χ0v) is 10.8. The van der Waals surface area contributed by atoms with Gasteiger partial charge < -0.3 is 4.90 Å². The molecule has 1 aromatic rings. The van der Waals surface area contributed by atoms with Crippen molar-refractivity contribution in [3.63, 3.8) is 0 Å². The average Bonchev–Trinajstić information content (AvgIpc) is 2.28. The summed E-state index contributed by atoms with van der Waals surface area (Å²) in [6.45, 7) is 7.04. The minimum Gasteiger partial charge on any atom is -0.328 e. The molecule has 1 amide bonds. The average molecular weight is 229 g/mol. The number of amides is 1. The Morgan fingerprint density at radius 3 is 2.41 bits per heavy atom. The van der Waals surface area contributed by atoms with Gasteiger partial charge in [0.25, 0.3) is 5.91 Å². The van der Waals surface area contributed by atoms with Crippen molar-refractivity contribution in [2.24, 2.45) is 0 Å². The molecule has 2 nitrogen and oxygen atoms in total. The summed E-state index contributed by atoms with van der Waals surface area (Å²) in [5.74, 6) is 2.59. The van der Waals surface area contributed by atoms with Crippen LogP contribution in [0.4, 0.5) is 0 Å². The van der Waals surface area contributed by atoms with E-state index in [9.17, 15) is 4.79 Å². The van der Waals surface area contributed by atoms with Crippen LogP contribution in [0.5, 0.6) is 0 Å². The van der Waals surface area contributed by atoms with Crippen LogP contribution in [0.25, 0.3) is 0 Å². The summed E-state index contributed by atoms with van der Waals surface area (Å²) in [4.78, 5) is 14.1. The molecular formula is C15H19NO. The molecule has 0 fully saturated rings. The Labute approximate surface area is 104 Å². The van der Waals surface area contributed by atoms with Gasteiger partial charge in [-0.25, -0.2) is 0 Å². The van der Waals surface area contributed by atoms with E-state index in [4.69, 9.17) is 6.42 Å². The Morgan fingerprint density at radius 1 is 1.35 bits per heavy atom. The van der Waals surface area contributed by atoms with E-state index in [1.165, 1.54) is 0 Å². The van der Waals surface area contributed by atoms with Crippen molar-refractivity contribution < 1.29 is 4.79 Å². The van der Waals surface area contributed by atoms with E-state index in [2.05, 4.69) is 5.92 Å². The highest BCUT2D eigenvalue weighted by molar-refractivity contribution is 5.97. The Morgan fingerprint density at radius 2 is 1.94 bits per heavy atom. The van der Waals surface area contributed by atoms with Crippen molar-refractivity contribution in [3.8, 4) is 12.3 Å². The van der Waals surface area contributed by atoms with Crippen LogP contribution in [-0.4, -0.2) is 23.9 Å². The van der Waals surface area contributed by atoms with Crippen molar-refractivity contribution in [2.75, 3.05) is 13.1 Å². The van der Waals surface area contributed by atoms with E-state index >= 15 is 0 Å². The van der Waals surface area contributed by atoms with Gasteiger partial charge in [0.15, 0.2) is 0 Å². The lowest BCUT2D eigenvalue weighted by atomic mass is 10.0. The van der Waals surface area contributed by atoms with Gasteiger partial charge in [0.2, 0.25) is 0 Å². The van der Waals surface area contributed by atoms with E-state index in [0.717, 1.165) is 23.1 Å². The van der Waals surface area contributed by atoms with E-state index in [0.29, 0.717) is 13.1 Å². The number of rotatable bonds is 4. The molecule has 0 aliphatic carbocycles. The highest BCUT2D eigenvalue weighted by Crippen LogP contribution is 2.16. The topological polar surface area (TPSA) is 20.3 Å². The second kappa shape index (κ2) is 6.10.